The van der Waals surface area contributed by atoms with Gasteiger partial charge < -0.3 is 5.32 Å². The van der Waals surface area contributed by atoms with Crippen LogP contribution in [0, 0.1) is 17.8 Å². The van der Waals surface area contributed by atoms with Gasteiger partial charge in [-0.05, 0) is 54.3 Å². The first-order valence-corrected chi connectivity index (χ1v) is 8.30. The third-order valence-corrected chi connectivity index (χ3v) is 5.27. The van der Waals surface area contributed by atoms with E-state index >= 15 is 0 Å². The number of nitrogens with one attached hydrogen (secondary N) is 1. The Morgan fingerprint density at radius 2 is 1.89 bits per heavy atom. The van der Waals surface area contributed by atoms with Crippen molar-refractivity contribution in [1.82, 2.24) is 5.32 Å². The van der Waals surface area contributed by atoms with Gasteiger partial charge in [0.1, 0.15) is 0 Å². The van der Waals surface area contributed by atoms with Crippen LogP contribution in [0.3, 0.4) is 0 Å². The van der Waals surface area contributed by atoms with Crippen LogP contribution in [-0.4, -0.2) is 6.54 Å². The molecule has 1 nitrogen and oxygen atoms in total. The first-order chi connectivity index (χ1) is 9.00. The second kappa shape index (κ2) is 6.41. The molecule has 1 atom stereocenters. The van der Waals surface area contributed by atoms with Gasteiger partial charge in [-0.1, -0.05) is 55.8 Å². The van der Waals surface area contributed by atoms with Crippen LogP contribution in [0.25, 0.3) is 0 Å². The summed E-state index contributed by atoms with van der Waals surface area (Å²) in [4.78, 5) is 0. The smallest absolute Gasteiger partial charge is 0.0326 e. The predicted molar refractivity (Wildman–Crippen MR) is 86.4 cm³/mol. The molecule has 1 aromatic carbocycles. The van der Waals surface area contributed by atoms with Crippen LogP contribution < -0.4 is 5.32 Å². The fourth-order valence-electron chi connectivity index (χ4n) is 3.34. The molecule has 1 aromatic rings. The average molecular weight is 324 g/mol. The van der Waals surface area contributed by atoms with Crippen LogP contribution in [0.2, 0.25) is 0 Å². The number of halogens is 1. The number of hydrogen-bond donors (Lipinski definition) is 1. The highest BCUT2D eigenvalue weighted by atomic mass is 79.9. The zero-order valence-electron chi connectivity index (χ0n) is 12.5. The topological polar surface area (TPSA) is 12.0 Å². The van der Waals surface area contributed by atoms with Gasteiger partial charge >= 0.3 is 0 Å². The molecule has 0 aromatic heterocycles. The Morgan fingerprint density at radius 1 is 1.21 bits per heavy atom. The van der Waals surface area contributed by atoms with E-state index in [0.29, 0.717) is 6.04 Å². The van der Waals surface area contributed by atoms with Gasteiger partial charge in [-0.2, -0.15) is 0 Å². The summed E-state index contributed by atoms with van der Waals surface area (Å²) >= 11 is 3.67. The van der Waals surface area contributed by atoms with Gasteiger partial charge in [-0.3, -0.25) is 0 Å². The summed E-state index contributed by atoms with van der Waals surface area (Å²) < 4.78 is 1.28. The van der Waals surface area contributed by atoms with E-state index in [1.54, 1.807) is 0 Å². The van der Waals surface area contributed by atoms with Crippen molar-refractivity contribution in [2.45, 2.75) is 46.6 Å². The Balaban J connectivity index is 2.01. The molecule has 0 aliphatic heterocycles. The molecule has 2 rings (SSSR count). The quantitative estimate of drug-likeness (QED) is 0.808. The van der Waals surface area contributed by atoms with Crippen molar-refractivity contribution in [2.24, 2.45) is 17.8 Å². The molecular formula is C17H26BrN. The normalized spacial score (nSPS) is 18.6. The van der Waals surface area contributed by atoms with Crippen LogP contribution >= 0.6 is 15.9 Å². The van der Waals surface area contributed by atoms with Crippen LogP contribution in [0.5, 0.6) is 0 Å². The lowest BCUT2D eigenvalue weighted by atomic mass is 9.85. The number of rotatable bonds is 5. The van der Waals surface area contributed by atoms with E-state index in [1.165, 1.54) is 28.4 Å². The summed E-state index contributed by atoms with van der Waals surface area (Å²) in [5.74, 6) is 2.25. The van der Waals surface area contributed by atoms with Crippen LogP contribution in [0.1, 0.15) is 51.3 Å². The summed E-state index contributed by atoms with van der Waals surface area (Å²) in [5.41, 5.74) is 3.01. The first kappa shape index (κ1) is 15.1. The molecule has 2 heteroatoms. The van der Waals surface area contributed by atoms with E-state index in [9.17, 15) is 0 Å². The zero-order valence-corrected chi connectivity index (χ0v) is 14.1. The van der Waals surface area contributed by atoms with Gasteiger partial charge in [-0.15, -0.1) is 0 Å². The summed E-state index contributed by atoms with van der Waals surface area (Å²) in [7, 11) is 0. The van der Waals surface area contributed by atoms with E-state index in [4.69, 9.17) is 0 Å². The van der Waals surface area contributed by atoms with Crippen molar-refractivity contribution >= 4 is 15.9 Å². The van der Waals surface area contributed by atoms with Crippen molar-refractivity contribution < 1.29 is 0 Å². The van der Waals surface area contributed by atoms with E-state index in [-0.39, 0.29) is 0 Å². The molecule has 19 heavy (non-hydrogen) atoms. The highest BCUT2D eigenvalue weighted by Gasteiger charge is 2.25. The highest BCUT2D eigenvalue weighted by Crippen LogP contribution is 2.36. The largest absolute Gasteiger partial charge is 0.310 e. The van der Waals surface area contributed by atoms with E-state index in [2.05, 4.69) is 67.1 Å². The van der Waals surface area contributed by atoms with Crippen LogP contribution in [0.15, 0.2) is 22.7 Å². The maximum Gasteiger partial charge on any atom is 0.0326 e. The molecule has 106 valence electrons. The van der Waals surface area contributed by atoms with Gasteiger partial charge in [0.25, 0.3) is 0 Å². The van der Waals surface area contributed by atoms with Gasteiger partial charge in [0.05, 0.1) is 0 Å². The van der Waals surface area contributed by atoms with Gasteiger partial charge in [-0.25, -0.2) is 0 Å². The van der Waals surface area contributed by atoms with E-state index < -0.39 is 0 Å². The minimum atomic E-state index is 0.549. The number of hydrogen-bond acceptors (Lipinski definition) is 1. The summed E-state index contributed by atoms with van der Waals surface area (Å²) in [6.45, 7) is 10.5. The van der Waals surface area contributed by atoms with Crippen molar-refractivity contribution in [3.05, 3.63) is 33.8 Å². The molecule has 0 spiro atoms. The molecule has 1 aliphatic rings. The molecule has 0 radical (unpaired) electrons. The fourth-order valence-corrected chi connectivity index (χ4v) is 3.92. The van der Waals surface area contributed by atoms with Crippen molar-refractivity contribution in [2.75, 3.05) is 6.54 Å². The SMILES string of the molecule is CC(C)C(CNC1CCc2c(Br)cccc21)C(C)C. The number of benzene rings is 1. The lowest BCUT2D eigenvalue weighted by molar-refractivity contribution is 0.265. The van der Waals surface area contributed by atoms with Crippen LogP contribution in [0.4, 0.5) is 0 Å². The molecule has 0 fully saturated rings. The van der Waals surface area contributed by atoms with E-state index in [1.807, 2.05) is 0 Å². The highest BCUT2D eigenvalue weighted by molar-refractivity contribution is 9.10. The maximum absolute atomic E-state index is 3.81. The fraction of sp³-hybridized carbons (Fsp3) is 0.647. The molecule has 1 unspecified atom stereocenters. The third kappa shape index (κ3) is 3.41. The van der Waals surface area contributed by atoms with Gasteiger partial charge in [0, 0.05) is 10.5 Å². The Bertz CT molecular complexity index is 417. The monoisotopic (exact) mass is 323 g/mol. The molecule has 0 saturated carbocycles. The third-order valence-electron chi connectivity index (χ3n) is 4.53. The van der Waals surface area contributed by atoms with Crippen molar-refractivity contribution in [1.29, 1.82) is 0 Å². The number of fused-ring (bicyclic) bond motifs is 1. The summed E-state index contributed by atoms with van der Waals surface area (Å²) in [5, 5.41) is 3.81. The van der Waals surface area contributed by atoms with Gasteiger partial charge in [0.15, 0.2) is 0 Å². The van der Waals surface area contributed by atoms with E-state index in [0.717, 1.165) is 24.3 Å². The molecule has 0 saturated heterocycles. The molecule has 1 aliphatic carbocycles. The predicted octanol–water partition coefficient (Wildman–Crippen LogP) is 4.95. The molecule has 1 N–H and O–H groups in total. The van der Waals surface area contributed by atoms with Gasteiger partial charge in [0.2, 0.25) is 0 Å². The Hall–Kier alpha value is -0.340. The molecular weight excluding hydrogens is 298 g/mol. The Labute approximate surface area is 126 Å². The standard InChI is InChI=1S/C17H26BrN/c1-11(2)15(12(3)4)10-19-17-9-8-13-14(17)6-5-7-16(13)18/h5-7,11-12,15,17,19H,8-10H2,1-4H3. The summed E-state index contributed by atoms with van der Waals surface area (Å²) in [6.07, 6.45) is 2.43. The second-order valence-electron chi connectivity index (χ2n) is 6.46. The average Bonchev–Trinajstić information content (AvgIpc) is 2.73. The summed E-state index contributed by atoms with van der Waals surface area (Å²) in [6, 6.07) is 7.15. The minimum Gasteiger partial charge on any atom is -0.310 e. The van der Waals surface area contributed by atoms with Crippen LogP contribution in [-0.2, 0) is 6.42 Å². The molecule has 0 bridgehead atoms. The molecule has 0 amide bonds. The maximum atomic E-state index is 3.81. The Morgan fingerprint density at radius 3 is 2.53 bits per heavy atom. The minimum absolute atomic E-state index is 0.549. The molecule has 0 heterocycles. The van der Waals surface area contributed by atoms with Crippen molar-refractivity contribution in [3.63, 3.8) is 0 Å². The Kier molecular flexibility index (Phi) is 5.08. The zero-order chi connectivity index (χ0) is 14.0. The lowest BCUT2D eigenvalue weighted by Crippen LogP contribution is -2.31. The lowest BCUT2D eigenvalue weighted by Gasteiger charge is -2.27. The first-order valence-electron chi connectivity index (χ1n) is 7.51. The van der Waals surface area contributed by atoms with Crippen molar-refractivity contribution in [3.8, 4) is 0 Å². The second-order valence-corrected chi connectivity index (χ2v) is 7.31.